The molecule has 2 rings (SSSR count). The Labute approximate surface area is 188 Å². The lowest BCUT2D eigenvalue weighted by atomic mass is 10.1. The minimum atomic E-state index is -1.21. The Morgan fingerprint density at radius 1 is 1.27 bits per heavy atom. The Kier molecular flexibility index (Phi) is 8.77. The molecular weight excluding hydrogens is 443 g/mol. The van der Waals surface area contributed by atoms with Crippen LogP contribution in [0.25, 0.3) is 0 Å². The molecule has 1 aromatic carbocycles. The van der Waals surface area contributed by atoms with E-state index in [4.69, 9.17) is 4.74 Å². The third-order valence-corrected chi connectivity index (χ3v) is 5.36. The van der Waals surface area contributed by atoms with E-state index in [0.717, 1.165) is 6.20 Å². The lowest BCUT2D eigenvalue weighted by molar-refractivity contribution is 0.0771. The Morgan fingerprint density at radius 2 is 1.88 bits per heavy atom. The molecule has 0 spiro atoms. The molecule has 2 atom stereocenters. The Bertz CT molecular complexity index is 1060. The number of hydrogen-bond acceptors (Lipinski definition) is 6. The van der Waals surface area contributed by atoms with E-state index >= 15 is 0 Å². The van der Waals surface area contributed by atoms with Gasteiger partial charge in [0.2, 0.25) is 5.43 Å². The maximum atomic E-state index is 13.9. The van der Waals surface area contributed by atoms with Crippen LogP contribution in [0.4, 0.5) is 13.2 Å². The minimum absolute atomic E-state index is 0.103. The molecule has 11 heteroatoms. The number of benzene rings is 1. The number of amides is 1. The summed E-state index contributed by atoms with van der Waals surface area (Å²) < 4.78 is 47.6. The second-order valence-corrected chi connectivity index (χ2v) is 7.59. The number of halogens is 3. The summed E-state index contributed by atoms with van der Waals surface area (Å²) in [6, 6.07) is 0.0903. The van der Waals surface area contributed by atoms with E-state index in [1.807, 2.05) is 11.8 Å². The number of nitrogens with one attached hydrogen (secondary N) is 1. The first kappa shape index (κ1) is 26.1. The average Bonchev–Trinajstić information content (AvgIpc) is 2.75. The van der Waals surface area contributed by atoms with Crippen molar-refractivity contribution in [1.29, 1.82) is 0 Å². The Balaban J connectivity index is 2.49. The number of nitrogens with zero attached hydrogens (tertiary/aromatic N) is 2. The van der Waals surface area contributed by atoms with Crippen molar-refractivity contribution in [2.75, 3.05) is 27.3 Å². The van der Waals surface area contributed by atoms with Gasteiger partial charge in [-0.1, -0.05) is 0 Å². The molecule has 1 amide bonds. The monoisotopic (exact) mass is 469 g/mol. The zero-order valence-corrected chi connectivity index (χ0v) is 18.7. The van der Waals surface area contributed by atoms with Gasteiger partial charge in [0, 0.05) is 43.1 Å². The second-order valence-electron chi connectivity index (χ2n) is 7.59. The topological polar surface area (TPSA) is 101 Å². The number of ether oxygens (including phenoxy) is 1. The molecule has 1 unspecified atom stereocenters. The normalized spacial score (nSPS) is 13.1. The third-order valence-electron chi connectivity index (χ3n) is 5.36. The first-order valence-corrected chi connectivity index (χ1v) is 10.1. The summed E-state index contributed by atoms with van der Waals surface area (Å²) in [6.45, 7) is 3.39. The quantitative estimate of drug-likeness (QED) is 0.518. The van der Waals surface area contributed by atoms with Gasteiger partial charge in [-0.25, -0.2) is 13.2 Å². The van der Waals surface area contributed by atoms with Crippen molar-refractivity contribution in [1.82, 2.24) is 14.8 Å². The maximum Gasteiger partial charge on any atom is 0.257 e. The highest BCUT2D eigenvalue weighted by Gasteiger charge is 2.28. The van der Waals surface area contributed by atoms with Gasteiger partial charge in [-0.15, -0.1) is 0 Å². The SMILES string of the molecule is CCOC[C@@H](C(C)N(C)C)n1cc(C(=O)NCc2c(F)cc(F)cc2F)c(=O)c(O)c1C=O. The van der Waals surface area contributed by atoms with Crippen LogP contribution < -0.4 is 10.7 Å². The lowest BCUT2D eigenvalue weighted by Gasteiger charge is -2.32. The number of aldehydes is 1. The molecule has 0 aliphatic rings. The average molecular weight is 469 g/mol. The zero-order chi connectivity index (χ0) is 24.9. The highest BCUT2D eigenvalue weighted by molar-refractivity contribution is 5.95. The standard InChI is InChI=1S/C22H26F3N3O5/c1-5-33-11-19(12(2)27(3)4)28-9-15(20(30)21(31)18(28)10-29)22(32)26-8-14-16(24)6-13(23)7-17(14)25/h6-7,9-10,12,19,31H,5,8,11H2,1-4H3,(H,26,32)/t12?,19-/m0/s1. The van der Waals surface area contributed by atoms with Crippen LogP contribution in [0.15, 0.2) is 23.1 Å². The molecule has 2 aromatic rings. The summed E-state index contributed by atoms with van der Waals surface area (Å²) in [6.07, 6.45) is 1.39. The van der Waals surface area contributed by atoms with E-state index in [1.54, 1.807) is 21.0 Å². The molecule has 0 saturated heterocycles. The van der Waals surface area contributed by atoms with Gasteiger partial charge in [-0.3, -0.25) is 14.4 Å². The molecule has 33 heavy (non-hydrogen) atoms. The molecule has 2 N–H and O–H groups in total. The van der Waals surface area contributed by atoms with Crippen LogP contribution in [0.1, 0.15) is 46.3 Å². The van der Waals surface area contributed by atoms with Crippen LogP contribution in [0.5, 0.6) is 5.75 Å². The van der Waals surface area contributed by atoms with E-state index < -0.39 is 58.3 Å². The molecule has 1 aromatic heterocycles. The van der Waals surface area contributed by atoms with E-state index in [0.29, 0.717) is 25.0 Å². The highest BCUT2D eigenvalue weighted by atomic mass is 19.1. The summed E-state index contributed by atoms with van der Waals surface area (Å²) in [4.78, 5) is 38.7. The number of likely N-dealkylation sites (N-methyl/N-ethyl adjacent to an activating group) is 1. The lowest BCUT2D eigenvalue weighted by Crippen LogP contribution is -2.39. The number of rotatable bonds is 10. The van der Waals surface area contributed by atoms with Gasteiger partial charge in [-0.05, 0) is 27.9 Å². The molecule has 0 fully saturated rings. The van der Waals surface area contributed by atoms with Gasteiger partial charge in [-0.2, -0.15) is 0 Å². The number of pyridine rings is 1. The van der Waals surface area contributed by atoms with E-state index in [1.165, 1.54) is 4.57 Å². The molecule has 0 saturated carbocycles. The zero-order valence-electron chi connectivity index (χ0n) is 18.7. The molecular formula is C22H26F3N3O5. The van der Waals surface area contributed by atoms with Gasteiger partial charge < -0.3 is 24.6 Å². The molecule has 0 radical (unpaired) electrons. The largest absolute Gasteiger partial charge is 0.503 e. The van der Waals surface area contributed by atoms with Crippen molar-refractivity contribution in [3.63, 3.8) is 0 Å². The van der Waals surface area contributed by atoms with Crippen molar-refractivity contribution in [3.05, 3.63) is 62.8 Å². The first-order valence-electron chi connectivity index (χ1n) is 10.1. The predicted octanol–water partition coefficient (Wildman–Crippen LogP) is 2.24. The number of hydrogen-bond donors (Lipinski definition) is 2. The van der Waals surface area contributed by atoms with Crippen LogP contribution in [-0.4, -0.2) is 60.1 Å². The van der Waals surface area contributed by atoms with Crippen molar-refractivity contribution in [2.24, 2.45) is 0 Å². The molecule has 1 heterocycles. The van der Waals surface area contributed by atoms with Crippen molar-refractivity contribution < 1.29 is 32.6 Å². The van der Waals surface area contributed by atoms with Crippen molar-refractivity contribution in [2.45, 2.75) is 32.5 Å². The van der Waals surface area contributed by atoms with Crippen molar-refractivity contribution in [3.8, 4) is 5.75 Å². The van der Waals surface area contributed by atoms with Crippen LogP contribution in [-0.2, 0) is 11.3 Å². The summed E-state index contributed by atoms with van der Waals surface area (Å²) >= 11 is 0. The number of carbonyl (C=O) groups is 2. The third kappa shape index (κ3) is 5.79. The number of carbonyl (C=O) groups excluding carboxylic acids is 2. The van der Waals surface area contributed by atoms with Gasteiger partial charge in [0.1, 0.15) is 28.7 Å². The van der Waals surface area contributed by atoms with E-state index in [9.17, 15) is 32.7 Å². The van der Waals surface area contributed by atoms with Crippen LogP contribution >= 0.6 is 0 Å². The fraction of sp³-hybridized carbons (Fsp3) is 0.409. The number of aromatic hydroxyl groups is 1. The first-order chi connectivity index (χ1) is 15.5. The molecule has 0 aliphatic heterocycles. The van der Waals surface area contributed by atoms with Crippen molar-refractivity contribution >= 4 is 12.2 Å². The fourth-order valence-electron chi connectivity index (χ4n) is 3.23. The van der Waals surface area contributed by atoms with Gasteiger partial charge >= 0.3 is 0 Å². The summed E-state index contributed by atoms with van der Waals surface area (Å²) in [5, 5.41) is 12.5. The maximum absolute atomic E-state index is 13.9. The van der Waals surface area contributed by atoms with E-state index in [2.05, 4.69) is 5.32 Å². The smallest absolute Gasteiger partial charge is 0.257 e. The van der Waals surface area contributed by atoms with Crippen LogP contribution in [0.3, 0.4) is 0 Å². The van der Waals surface area contributed by atoms with Gasteiger partial charge in [0.05, 0.1) is 12.6 Å². The molecule has 0 bridgehead atoms. The molecule has 8 nitrogen and oxygen atoms in total. The minimum Gasteiger partial charge on any atom is -0.503 e. The van der Waals surface area contributed by atoms with Crippen LogP contribution in [0, 0.1) is 17.5 Å². The summed E-state index contributed by atoms with van der Waals surface area (Å²) in [7, 11) is 3.57. The summed E-state index contributed by atoms with van der Waals surface area (Å²) in [5.41, 5.74) is -2.62. The molecule has 180 valence electrons. The van der Waals surface area contributed by atoms with Gasteiger partial charge in [0.25, 0.3) is 5.91 Å². The Morgan fingerprint density at radius 3 is 2.39 bits per heavy atom. The van der Waals surface area contributed by atoms with Gasteiger partial charge in [0.15, 0.2) is 12.0 Å². The summed E-state index contributed by atoms with van der Waals surface area (Å²) in [5.74, 6) is -5.52. The Hall–Kier alpha value is -3.18. The highest BCUT2D eigenvalue weighted by Crippen LogP contribution is 2.23. The predicted molar refractivity (Wildman–Crippen MR) is 114 cm³/mol. The fourth-order valence-corrected chi connectivity index (χ4v) is 3.23. The van der Waals surface area contributed by atoms with E-state index in [-0.39, 0.29) is 18.3 Å². The van der Waals surface area contributed by atoms with Crippen LogP contribution in [0.2, 0.25) is 0 Å². The number of aromatic nitrogens is 1. The second kappa shape index (κ2) is 11.1. The molecule has 0 aliphatic carbocycles.